The van der Waals surface area contributed by atoms with Crippen LogP contribution in [-0.4, -0.2) is 29.4 Å². The van der Waals surface area contributed by atoms with Gasteiger partial charge in [0, 0.05) is 24.5 Å². The van der Waals surface area contributed by atoms with Gasteiger partial charge in [0.2, 0.25) is 0 Å². The molecule has 3 N–H and O–H groups in total. The van der Waals surface area contributed by atoms with Crippen molar-refractivity contribution in [3.63, 3.8) is 0 Å². The Bertz CT molecular complexity index is 1050. The van der Waals surface area contributed by atoms with E-state index in [-0.39, 0.29) is 11.9 Å². The average molecular weight is 402 g/mol. The van der Waals surface area contributed by atoms with Crippen LogP contribution < -0.4 is 11.1 Å². The summed E-state index contributed by atoms with van der Waals surface area (Å²) in [6.45, 7) is 1.11. The van der Waals surface area contributed by atoms with Crippen LogP contribution in [0.4, 0.5) is 14.5 Å². The first-order valence-electron chi connectivity index (χ1n) is 9.07. The summed E-state index contributed by atoms with van der Waals surface area (Å²) in [5.74, 6) is -1.08. The van der Waals surface area contributed by atoms with Gasteiger partial charge >= 0.3 is 0 Å². The lowest BCUT2D eigenvalue weighted by Crippen LogP contribution is -2.24. The zero-order chi connectivity index (χ0) is 19.8. The molecule has 1 aliphatic rings. The van der Waals surface area contributed by atoms with E-state index < -0.39 is 11.6 Å². The molecule has 4 rings (SSSR count). The van der Waals surface area contributed by atoms with Crippen LogP contribution in [-0.2, 0) is 6.54 Å². The van der Waals surface area contributed by atoms with Crippen LogP contribution in [0, 0.1) is 11.6 Å². The normalized spacial score (nSPS) is 17.3. The van der Waals surface area contributed by atoms with Gasteiger partial charge in [0.15, 0.2) is 0 Å². The van der Waals surface area contributed by atoms with Gasteiger partial charge in [-0.1, -0.05) is 0 Å². The number of aromatic nitrogens is 1. The number of pyridine rings is 1. The number of amides is 1. The molecule has 0 bridgehead atoms. The van der Waals surface area contributed by atoms with Crippen molar-refractivity contribution in [2.45, 2.75) is 25.4 Å². The summed E-state index contributed by atoms with van der Waals surface area (Å²) in [5.41, 5.74) is 7.73. The lowest BCUT2D eigenvalue weighted by molar-refractivity contribution is 0.0968. The fourth-order valence-corrected chi connectivity index (χ4v) is 4.76. The minimum absolute atomic E-state index is 0.0128. The second-order valence-corrected chi connectivity index (χ2v) is 7.88. The Kier molecular flexibility index (Phi) is 4.99. The SMILES string of the molecule is CNC(=O)c1sc2nc([C@H]3CCCN3Cc3cc(F)ccc3F)ccc2c1N. The number of likely N-dealkylation sites (tertiary alicyclic amines) is 1. The van der Waals surface area contributed by atoms with Crippen LogP contribution in [0.15, 0.2) is 30.3 Å². The van der Waals surface area contributed by atoms with Crippen LogP contribution in [0.3, 0.4) is 0 Å². The first kappa shape index (κ1) is 18.8. The van der Waals surface area contributed by atoms with Gasteiger partial charge in [-0.2, -0.15) is 0 Å². The minimum Gasteiger partial charge on any atom is -0.397 e. The molecule has 1 saturated heterocycles. The number of hydrogen-bond donors (Lipinski definition) is 2. The van der Waals surface area contributed by atoms with Gasteiger partial charge in [0.05, 0.1) is 17.4 Å². The third-order valence-corrected chi connectivity index (χ3v) is 6.25. The highest BCUT2D eigenvalue weighted by atomic mass is 32.1. The molecule has 8 heteroatoms. The van der Waals surface area contributed by atoms with E-state index in [4.69, 9.17) is 10.7 Å². The maximum Gasteiger partial charge on any atom is 0.263 e. The highest BCUT2D eigenvalue weighted by Crippen LogP contribution is 2.37. The third kappa shape index (κ3) is 3.33. The molecule has 1 fully saturated rings. The summed E-state index contributed by atoms with van der Waals surface area (Å²) in [4.78, 5) is 20.0. The molecule has 3 heterocycles. The predicted octanol–water partition coefficient (Wildman–Crippen LogP) is 3.85. The van der Waals surface area contributed by atoms with E-state index in [1.807, 2.05) is 12.1 Å². The van der Waals surface area contributed by atoms with Crippen molar-refractivity contribution in [1.29, 1.82) is 0 Å². The summed E-state index contributed by atoms with van der Waals surface area (Å²) in [6.07, 6.45) is 1.84. The van der Waals surface area contributed by atoms with E-state index >= 15 is 0 Å². The van der Waals surface area contributed by atoms with Crippen molar-refractivity contribution in [1.82, 2.24) is 15.2 Å². The second-order valence-electron chi connectivity index (χ2n) is 6.88. The Labute approximate surface area is 165 Å². The van der Waals surface area contributed by atoms with Crippen LogP contribution in [0.1, 0.15) is 39.8 Å². The van der Waals surface area contributed by atoms with Gasteiger partial charge < -0.3 is 11.1 Å². The van der Waals surface area contributed by atoms with Gasteiger partial charge in [0.25, 0.3) is 5.91 Å². The molecule has 146 valence electrons. The average Bonchev–Trinajstić information content (AvgIpc) is 3.28. The van der Waals surface area contributed by atoms with E-state index in [0.29, 0.717) is 27.5 Å². The molecule has 1 aromatic carbocycles. The molecule has 0 unspecified atom stereocenters. The zero-order valence-corrected chi connectivity index (χ0v) is 16.2. The quantitative estimate of drug-likeness (QED) is 0.695. The summed E-state index contributed by atoms with van der Waals surface area (Å²) in [5, 5.41) is 3.34. The summed E-state index contributed by atoms with van der Waals surface area (Å²) < 4.78 is 27.6. The van der Waals surface area contributed by atoms with E-state index in [1.54, 1.807) is 7.05 Å². The third-order valence-electron chi connectivity index (χ3n) is 5.13. The molecule has 3 aromatic rings. The number of nitrogens with zero attached hydrogens (tertiary/aromatic N) is 2. The molecular weight excluding hydrogens is 382 g/mol. The number of anilines is 1. The Morgan fingerprint density at radius 1 is 1.36 bits per heavy atom. The first-order chi connectivity index (χ1) is 13.5. The number of rotatable bonds is 4. The van der Waals surface area contributed by atoms with Crippen LogP contribution in [0.2, 0.25) is 0 Å². The number of nitrogen functional groups attached to an aromatic ring is 1. The number of halogens is 2. The fourth-order valence-electron chi connectivity index (χ4n) is 3.71. The Morgan fingerprint density at radius 3 is 2.96 bits per heavy atom. The molecule has 0 spiro atoms. The summed E-state index contributed by atoms with van der Waals surface area (Å²) >= 11 is 1.26. The van der Waals surface area contributed by atoms with Crippen molar-refractivity contribution < 1.29 is 13.6 Å². The smallest absolute Gasteiger partial charge is 0.263 e. The van der Waals surface area contributed by atoms with E-state index in [2.05, 4.69) is 10.2 Å². The number of hydrogen-bond acceptors (Lipinski definition) is 5. The Morgan fingerprint density at radius 2 is 2.18 bits per heavy atom. The molecule has 2 aromatic heterocycles. The number of nitrogens with two attached hydrogens (primary N) is 1. The van der Waals surface area contributed by atoms with Crippen LogP contribution in [0.25, 0.3) is 10.2 Å². The van der Waals surface area contributed by atoms with Crippen molar-refractivity contribution in [3.05, 3.63) is 58.1 Å². The van der Waals surface area contributed by atoms with Crippen molar-refractivity contribution in [2.24, 2.45) is 0 Å². The predicted molar refractivity (Wildman–Crippen MR) is 106 cm³/mol. The van der Waals surface area contributed by atoms with E-state index in [9.17, 15) is 13.6 Å². The van der Waals surface area contributed by atoms with Gasteiger partial charge in [-0.3, -0.25) is 9.69 Å². The standard InChI is InChI=1S/C20H20F2N4OS/c1-24-19(27)18-17(23)13-5-7-15(25-20(13)28-18)16-3-2-8-26(16)10-11-9-12(21)4-6-14(11)22/h4-7,9,16H,2-3,8,10,23H2,1H3,(H,24,27)/t16-/m1/s1. The zero-order valence-electron chi connectivity index (χ0n) is 15.3. The van der Waals surface area contributed by atoms with Gasteiger partial charge in [-0.15, -0.1) is 11.3 Å². The number of benzene rings is 1. The first-order valence-corrected chi connectivity index (χ1v) is 9.88. The molecule has 1 aliphatic heterocycles. The van der Waals surface area contributed by atoms with Gasteiger partial charge in [-0.05, 0) is 49.7 Å². The molecule has 5 nitrogen and oxygen atoms in total. The number of carbonyl (C=O) groups is 1. The van der Waals surface area contributed by atoms with E-state index in [0.717, 1.165) is 42.6 Å². The number of carbonyl (C=O) groups excluding carboxylic acids is 1. The molecule has 0 saturated carbocycles. The Hall–Kier alpha value is -2.58. The van der Waals surface area contributed by atoms with Crippen molar-refractivity contribution in [3.8, 4) is 0 Å². The number of thiophene rings is 1. The summed E-state index contributed by atoms with van der Waals surface area (Å²) in [7, 11) is 1.56. The topological polar surface area (TPSA) is 71.2 Å². The van der Waals surface area contributed by atoms with E-state index in [1.165, 1.54) is 17.4 Å². The maximum atomic E-state index is 14.1. The molecule has 0 radical (unpaired) electrons. The summed E-state index contributed by atoms with van der Waals surface area (Å²) in [6, 6.07) is 7.34. The molecular formula is C20H20F2N4OS. The Balaban J connectivity index is 1.64. The molecule has 0 aliphatic carbocycles. The maximum absolute atomic E-state index is 14.1. The highest BCUT2D eigenvalue weighted by Gasteiger charge is 2.28. The monoisotopic (exact) mass is 402 g/mol. The lowest BCUT2D eigenvalue weighted by atomic mass is 10.1. The number of fused-ring (bicyclic) bond motifs is 1. The lowest BCUT2D eigenvalue weighted by Gasteiger charge is -2.24. The van der Waals surface area contributed by atoms with Crippen LogP contribution in [0.5, 0.6) is 0 Å². The van der Waals surface area contributed by atoms with Crippen molar-refractivity contribution in [2.75, 3.05) is 19.3 Å². The highest BCUT2D eigenvalue weighted by molar-refractivity contribution is 7.21. The molecule has 1 amide bonds. The van der Waals surface area contributed by atoms with Gasteiger partial charge in [-0.25, -0.2) is 13.8 Å². The second kappa shape index (κ2) is 7.44. The van der Waals surface area contributed by atoms with Gasteiger partial charge in [0.1, 0.15) is 21.3 Å². The largest absolute Gasteiger partial charge is 0.397 e. The molecule has 28 heavy (non-hydrogen) atoms. The minimum atomic E-state index is -0.442. The van der Waals surface area contributed by atoms with Crippen LogP contribution >= 0.6 is 11.3 Å². The fraction of sp³-hybridized carbons (Fsp3) is 0.300. The van der Waals surface area contributed by atoms with Crippen molar-refractivity contribution >= 4 is 33.1 Å². The molecule has 1 atom stereocenters. The number of nitrogens with one attached hydrogen (secondary N) is 1.